The molecule has 0 unspecified atom stereocenters. The molecule has 1 aliphatic heterocycles. The van der Waals surface area contributed by atoms with Crippen molar-refractivity contribution in [2.24, 2.45) is 5.10 Å². The van der Waals surface area contributed by atoms with Crippen molar-refractivity contribution in [3.63, 3.8) is 0 Å². The molecule has 3 rings (SSSR count). The molecule has 128 valence electrons. The van der Waals surface area contributed by atoms with Gasteiger partial charge in [0, 0.05) is 19.0 Å². The van der Waals surface area contributed by atoms with Crippen molar-refractivity contribution in [2.75, 3.05) is 5.32 Å². The van der Waals surface area contributed by atoms with E-state index in [0.717, 1.165) is 11.1 Å². The van der Waals surface area contributed by atoms with Gasteiger partial charge in [0.1, 0.15) is 17.3 Å². The third-order valence-corrected chi connectivity index (χ3v) is 3.77. The largest absolute Gasteiger partial charge is 0.305 e. The van der Waals surface area contributed by atoms with Crippen LogP contribution >= 0.6 is 0 Å². The minimum absolute atomic E-state index is 0.172. The zero-order valence-corrected chi connectivity index (χ0v) is 13.7. The molecule has 0 saturated carbocycles. The van der Waals surface area contributed by atoms with Gasteiger partial charge in [0.15, 0.2) is 0 Å². The smallest absolute Gasteiger partial charge is 0.273 e. The molecule has 6 nitrogen and oxygen atoms in total. The molecule has 0 radical (unpaired) electrons. The minimum Gasteiger partial charge on any atom is -0.305 e. The number of hydrazone groups is 1. The Hall–Kier alpha value is -3.09. The lowest BCUT2D eigenvalue weighted by Crippen LogP contribution is -2.36. The molecular formula is C18H17FN4O2. The molecule has 1 aromatic carbocycles. The predicted octanol–water partition coefficient (Wildman–Crippen LogP) is 2.65. The molecule has 0 spiro atoms. The van der Waals surface area contributed by atoms with Crippen molar-refractivity contribution >= 4 is 23.3 Å². The van der Waals surface area contributed by atoms with E-state index in [4.69, 9.17) is 0 Å². The number of amides is 2. The number of rotatable bonds is 4. The number of halogens is 1. The number of carbonyl (C=O) groups excluding carboxylic acids is 2. The lowest BCUT2D eigenvalue weighted by Gasteiger charge is -2.23. The number of hydrogen-bond acceptors (Lipinski definition) is 4. The first-order valence-corrected chi connectivity index (χ1v) is 7.87. The van der Waals surface area contributed by atoms with E-state index in [9.17, 15) is 14.0 Å². The lowest BCUT2D eigenvalue weighted by molar-refractivity contribution is -0.132. The molecule has 0 atom stereocenters. The van der Waals surface area contributed by atoms with Gasteiger partial charge in [-0.25, -0.2) is 14.4 Å². The van der Waals surface area contributed by atoms with Crippen LogP contribution in [0.2, 0.25) is 0 Å². The Morgan fingerprint density at radius 3 is 2.72 bits per heavy atom. The molecular weight excluding hydrogens is 323 g/mol. The summed E-state index contributed by atoms with van der Waals surface area (Å²) in [5, 5.41) is 8.10. The van der Waals surface area contributed by atoms with Crippen LogP contribution in [0.1, 0.15) is 24.0 Å². The van der Waals surface area contributed by atoms with Crippen molar-refractivity contribution in [3.8, 4) is 0 Å². The van der Waals surface area contributed by atoms with Gasteiger partial charge in [0.25, 0.3) is 5.91 Å². The maximum absolute atomic E-state index is 13.0. The number of nitrogens with zero attached hydrogens (tertiary/aromatic N) is 3. The van der Waals surface area contributed by atoms with Gasteiger partial charge in [0.05, 0.1) is 6.54 Å². The summed E-state index contributed by atoms with van der Waals surface area (Å²) in [6.45, 7) is 2.09. The van der Waals surface area contributed by atoms with Crippen molar-refractivity contribution < 1.29 is 14.0 Å². The van der Waals surface area contributed by atoms with E-state index in [-0.39, 0.29) is 42.7 Å². The number of aromatic nitrogens is 1. The number of benzene rings is 1. The molecule has 0 saturated heterocycles. The second kappa shape index (κ2) is 7.21. The first-order valence-electron chi connectivity index (χ1n) is 7.87. The van der Waals surface area contributed by atoms with E-state index in [2.05, 4.69) is 15.4 Å². The Bertz CT molecular complexity index is 833. The maximum Gasteiger partial charge on any atom is 0.273 e. The van der Waals surface area contributed by atoms with Crippen LogP contribution < -0.4 is 5.32 Å². The summed E-state index contributed by atoms with van der Waals surface area (Å²) in [5.74, 6) is -0.457. The van der Waals surface area contributed by atoms with Crippen LogP contribution in [0, 0.1) is 12.7 Å². The number of anilines is 1. The van der Waals surface area contributed by atoms with Crippen molar-refractivity contribution in [3.05, 3.63) is 59.5 Å². The third kappa shape index (κ3) is 4.26. The van der Waals surface area contributed by atoms with Gasteiger partial charge >= 0.3 is 0 Å². The van der Waals surface area contributed by atoms with Crippen LogP contribution in [0.25, 0.3) is 0 Å². The van der Waals surface area contributed by atoms with Gasteiger partial charge in [-0.05, 0) is 42.3 Å². The fraction of sp³-hybridized carbons (Fsp3) is 0.222. The monoisotopic (exact) mass is 340 g/mol. The summed E-state index contributed by atoms with van der Waals surface area (Å²) in [6, 6.07) is 9.40. The van der Waals surface area contributed by atoms with E-state index in [1.165, 1.54) is 17.1 Å². The van der Waals surface area contributed by atoms with Crippen LogP contribution in [0.3, 0.4) is 0 Å². The summed E-state index contributed by atoms with van der Waals surface area (Å²) in [5.41, 5.74) is 1.98. The Balaban J connectivity index is 1.73. The summed E-state index contributed by atoms with van der Waals surface area (Å²) in [6.07, 6.45) is 2.09. The molecule has 0 aliphatic carbocycles. The average Bonchev–Trinajstić information content (AvgIpc) is 2.59. The zero-order chi connectivity index (χ0) is 17.8. The highest BCUT2D eigenvalue weighted by Gasteiger charge is 2.24. The standard InChI is InChI=1S/C18H17FN4O2/c1-12-8-9-20-16(10-12)21-18(25)15-6-7-17(24)23(22-15)11-13-2-4-14(19)5-3-13/h2-5,8-10H,6-7,11H2,1H3,(H,20,21,25). The summed E-state index contributed by atoms with van der Waals surface area (Å²) in [7, 11) is 0. The molecule has 25 heavy (non-hydrogen) atoms. The Morgan fingerprint density at radius 1 is 1.24 bits per heavy atom. The van der Waals surface area contributed by atoms with Gasteiger partial charge in [-0.3, -0.25) is 9.59 Å². The highest BCUT2D eigenvalue weighted by molar-refractivity contribution is 6.43. The molecule has 1 aliphatic rings. The highest BCUT2D eigenvalue weighted by atomic mass is 19.1. The number of nitrogens with one attached hydrogen (secondary N) is 1. The van der Waals surface area contributed by atoms with Gasteiger partial charge in [-0.2, -0.15) is 5.10 Å². The molecule has 2 amide bonds. The maximum atomic E-state index is 13.0. The zero-order valence-electron chi connectivity index (χ0n) is 13.7. The number of carbonyl (C=O) groups is 2. The summed E-state index contributed by atoms with van der Waals surface area (Å²) >= 11 is 0. The van der Waals surface area contributed by atoms with Gasteiger partial charge in [-0.1, -0.05) is 12.1 Å². The van der Waals surface area contributed by atoms with Crippen LogP contribution in [-0.4, -0.2) is 27.5 Å². The summed E-state index contributed by atoms with van der Waals surface area (Å²) in [4.78, 5) is 28.5. The van der Waals surface area contributed by atoms with E-state index in [1.54, 1.807) is 24.4 Å². The van der Waals surface area contributed by atoms with Crippen molar-refractivity contribution in [1.82, 2.24) is 9.99 Å². The molecule has 7 heteroatoms. The van der Waals surface area contributed by atoms with E-state index in [0.29, 0.717) is 5.82 Å². The fourth-order valence-electron chi connectivity index (χ4n) is 2.44. The summed E-state index contributed by atoms with van der Waals surface area (Å²) < 4.78 is 13.0. The SMILES string of the molecule is Cc1ccnc(NC(=O)C2=NN(Cc3ccc(F)cc3)C(=O)CC2)c1. The molecule has 2 heterocycles. The van der Waals surface area contributed by atoms with Crippen LogP contribution in [0.4, 0.5) is 10.2 Å². The first-order chi connectivity index (χ1) is 12.0. The normalized spacial score (nSPS) is 14.2. The Labute approximate surface area is 144 Å². The van der Waals surface area contributed by atoms with Crippen molar-refractivity contribution in [1.29, 1.82) is 0 Å². The minimum atomic E-state index is -0.380. The second-order valence-corrected chi connectivity index (χ2v) is 5.80. The average molecular weight is 340 g/mol. The molecule has 0 fully saturated rings. The first kappa shape index (κ1) is 16.8. The van der Waals surface area contributed by atoms with Crippen molar-refractivity contribution in [2.45, 2.75) is 26.3 Å². The van der Waals surface area contributed by atoms with Gasteiger partial charge < -0.3 is 5.32 Å². The number of hydrogen-bond donors (Lipinski definition) is 1. The lowest BCUT2D eigenvalue weighted by atomic mass is 10.1. The van der Waals surface area contributed by atoms with Crippen LogP contribution in [0.5, 0.6) is 0 Å². The number of aryl methyl sites for hydroxylation is 1. The predicted molar refractivity (Wildman–Crippen MR) is 91.2 cm³/mol. The van der Waals surface area contributed by atoms with E-state index < -0.39 is 0 Å². The molecule has 0 bridgehead atoms. The van der Waals surface area contributed by atoms with Crippen LogP contribution in [-0.2, 0) is 16.1 Å². The van der Waals surface area contributed by atoms with Gasteiger partial charge in [0.2, 0.25) is 5.91 Å². The quantitative estimate of drug-likeness (QED) is 0.930. The number of pyridine rings is 1. The van der Waals surface area contributed by atoms with E-state index >= 15 is 0 Å². The Morgan fingerprint density at radius 2 is 2.00 bits per heavy atom. The molecule has 1 aromatic heterocycles. The van der Waals surface area contributed by atoms with Crippen LogP contribution in [0.15, 0.2) is 47.7 Å². The second-order valence-electron chi connectivity index (χ2n) is 5.80. The topological polar surface area (TPSA) is 74.7 Å². The molecule has 1 N–H and O–H groups in total. The fourth-order valence-corrected chi connectivity index (χ4v) is 2.44. The Kier molecular flexibility index (Phi) is 4.83. The van der Waals surface area contributed by atoms with E-state index in [1.807, 2.05) is 13.0 Å². The molecule has 2 aromatic rings. The van der Waals surface area contributed by atoms with Gasteiger partial charge in [-0.15, -0.1) is 0 Å². The third-order valence-electron chi connectivity index (χ3n) is 3.77. The highest BCUT2D eigenvalue weighted by Crippen LogP contribution is 2.15.